The van der Waals surface area contributed by atoms with Crippen molar-refractivity contribution in [2.24, 2.45) is 11.3 Å². The second-order valence-electron chi connectivity index (χ2n) is 7.30. The summed E-state index contributed by atoms with van der Waals surface area (Å²) in [6.07, 6.45) is 0.619. The second-order valence-corrected chi connectivity index (χ2v) is 7.30. The van der Waals surface area contributed by atoms with Gasteiger partial charge in [0.1, 0.15) is 11.2 Å². The minimum Gasteiger partial charge on any atom is -0.420 e. The van der Waals surface area contributed by atoms with E-state index in [0.29, 0.717) is 25.4 Å². The van der Waals surface area contributed by atoms with Crippen molar-refractivity contribution >= 4 is 5.91 Å². The second kappa shape index (κ2) is 5.12. The average Bonchev–Trinajstić information content (AvgIpc) is 3.01. The van der Waals surface area contributed by atoms with Crippen LogP contribution in [-0.2, 0) is 10.2 Å². The van der Waals surface area contributed by atoms with Crippen molar-refractivity contribution in [2.75, 3.05) is 13.1 Å². The molecule has 1 amide bonds. The number of amides is 1. The zero-order chi connectivity index (χ0) is 17.8. The maximum absolute atomic E-state index is 13.8. The van der Waals surface area contributed by atoms with Crippen LogP contribution in [0.2, 0.25) is 0 Å². The van der Waals surface area contributed by atoms with Gasteiger partial charge in [-0.15, -0.1) is 10.2 Å². The average molecular weight is 340 g/mol. The lowest BCUT2D eigenvalue weighted by Crippen LogP contribution is -2.61. The van der Waals surface area contributed by atoms with Crippen LogP contribution < -0.4 is 0 Å². The van der Waals surface area contributed by atoms with Crippen LogP contribution in [-0.4, -0.2) is 34.1 Å². The molecule has 7 heteroatoms. The molecule has 1 saturated heterocycles. The van der Waals surface area contributed by atoms with E-state index in [0.717, 1.165) is 0 Å². The molecular formula is C18H17FN4O2. The monoisotopic (exact) mass is 340 g/mol. The fourth-order valence-corrected chi connectivity index (χ4v) is 3.49. The number of aromatic nitrogens is 2. The summed E-state index contributed by atoms with van der Waals surface area (Å²) in [5.74, 6) is 0.0711. The minimum absolute atomic E-state index is 0.105. The Kier molecular flexibility index (Phi) is 3.23. The number of hydrogen-bond donors (Lipinski definition) is 0. The maximum atomic E-state index is 13.8. The molecule has 2 heterocycles. The highest BCUT2D eigenvalue weighted by atomic mass is 19.1. The molecule has 4 rings (SSSR count). The molecular weight excluding hydrogens is 323 g/mol. The van der Waals surface area contributed by atoms with E-state index in [1.165, 1.54) is 6.07 Å². The predicted octanol–water partition coefficient (Wildman–Crippen LogP) is 2.53. The van der Waals surface area contributed by atoms with Gasteiger partial charge in [0.15, 0.2) is 0 Å². The Labute approximate surface area is 144 Å². The number of hydrogen-bond acceptors (Lipinski definition) is 5. The van der Waals surface area contributed by atoms with E-state index >= 15 is 0 Å². The molecule has 0 N–H and O–H groups in total. The normalized spacial score (nSPS) is 26.6. The first-order valence-corrected chi connectivity index (χ1v) is 8.19. The van der Waals surface area contributed by atoms with E-state index in [4.69, 9.17) is 4.42 Å². The van der Waals surface area contributed by atoms with Crippen molar-refractivity contribution in [3.8, 4) is 17.5 Å². The van der Waals surface area contributed by atoms with Gasteiger partial charge in [-0.1, -0.05) is 19.1 Å². The van der Waals surface area contributed by atoms with E-state index in [-0.39, 0.29) is 23.3 Å². The van der Waals surface area contributed by atoms with Crippen molar-refractivity contribution in [2.45, 2.75) is 25.7 Å². The van der Waals surface area contributed by atoms with Gasteiger partial charge in [0.25, 0.3) is 5.89 Å². The number of carbonyl (C=O) groups excluding carboxylic acids is 1. The third-order valence-corrected chi connectivity index (χ3v) is 5.30. The molecule has 2 aromatic rings. The van der Waals surface area contributed by atoms with Gasteiger partial charge < -0.3 is 9.32 Å². The lowest BCUT2D eigenvalue weighted by Gasteiger charge is -2.46. The fourth-order valence-electron chi connectivity index (χ4n) is 3.49. The standard InChI is InChI=1S/C18H17FN4O2/c1-11-7-18(11,8-20)16(24)23-9-17(2,10-23)15-22-21-14(25-15)12-5-3-4-6-13(12)19/h3-6,11H,7,9-10H2,1-2H3. The summed E-state index contributed by atoms with van der Waals surface area (Å²) in [5, 5.41) is 17.3. The molecule has 2 atom stereocenters. The Morgan fingerprint density at radius 3 is 2.68 bits per heavy atom. The lowest BCUT2D eigenvalue weighted by molar-refractivity contribution is -0.143. The van der Waals surface area contributed by atoms with Crippen molar-refractivity contribution in [3.63, 3.8) is 0 Å². The Balaban J connectivity index is 1.51. The molecule has 2 unspecified atom stereocenters. The Morgan fingerprint density at radius 2 is 2.08 bits per heavy atom. The van der Waals surface area contributed by atoms with Crippen molar-refractivity contribution < 1.29 is 13.6 Å². The number of nitriles is 1. The molecule has 2 aliphatic rings. The van der Waals surface area contributed by atoms with Gasteiger partial charge in [-0.05, 0) is 31.4 Å². The Hall–Kier alpha value is -2.75. The van der Waals surface area contributed by atoms with E-state index in [2.05, 4.69) is 16.3 Å². The number of carbonyl (C=O) groups is 1. The van der Waals surface area contributed by atoms with E-state index < -0.39 is 16.6 Å². The third-order valence-electron chi connectivity index (χ3n) is 5.30. The van der Waals surface area contributed by atoms with Crippen LogP contribution in [0.4, 0.5) is 4.39 Å². The van der Waals surface area contributed by atoms with Crippen LogP contribution in [0.15, 0.2) is 28.7 Å². The van der Waals surface area contributed by atoms with Crippen LogP contribution >= 0.6 is 0 Å². The summed E-state index contributed by atoms with van der Waals surface area (Å²) in [5.41, 5.74) is -1.07. The van der Waals surface area contributed by atoms with Gasteiger partial charge in [-0.25, -0.2) is 4.39 Å². The summed E-state index contributed by atoms with van der Waals surface area (Å²) in [4.78, 5) is 14.2. The molecule has 0 bridgehead atoms. The van der Waals surface area contributed by atoms with Crippen LogP contribution in [0.1, 0.15) is 26.2 Å². The molecule has 1 aromatic carbocycles. The Bertz CT molecular complexity index is 896. The van der Waals surface area contributed by atoms with E-state index in [1.54, 1.807) is 23.1 Å². The predicted molar refractivity (Wildman–Crippen MR) is 85.5 cm³/mol. The summed E-state index contributed by atoms with van der Waals surface area (Å²) in [6.45, 7) is 4.67. The van der Waals surface area contributed by atoms with Gasteiger partial charge >= 0.3 is 0 Å². The fraction of sp³-hybridized carbons (Fsp3) is 0.444. The van der Waals surface area contributed by atoms with Crippen molar-refractivity contribution in [1.29, 1.82) is 5.26 Å². The molecule has 1 aliphatic heterocycles. The van der Waals surface area contributed by atoms with Crippen LogP contribution in [0.25, 0.3) is 11.5 Å². The summed E-state index contributed by atoms with van der Waals surface area (Å²) < 4.78 is 19.5. The summed E-state index contributed by atoms with van der Waals surface area (Å²) >= 11 is 0. The molecule has 0 spiro atoms. The summed E-state index contributed by atoms with van der Waals surface area (Å²) in [6, 6.07) is 8.38. The Morgan fingerprint density at radius 1 is 1.40 bits per heavy atom. The first-order chi connectivity index (χ1) is 11.9. The van der Waals surface area contributed by atoms with Crippen LogP contribution in [0, 0.1) is 28.5 Å². The molecule has 2 fully saturated rings. The highest BCUT2D eigenvalue weighted by molar-refractivity contribution is 5.89. The molecule has 1 aromatic heterocycles. The quantitative estimate of drug-likeness (QED) is 0.857. The molecule has 0 radical (unpaired) electrons. The molecule has 1 saturated carbocycles. The number of rotatable bonds is 3. The molecule has 128 valence electrons. The van der Waals surface area contributed by atoms with Gasteiger partial charge in [-0.3, -0.25) is 4.79 Å². The topological polar surface area (TPSA) is 83.0 Å². The van der Waals surface area contributed by atoms with Gasteiger partial charge in [0.2, 0.25) is 11.8 Å². The number of benzene rings is 1. The van der Waals surface area contributed by atoms with Gasteiger partial charge in [0.05, 0.1) is 17.0 Å². The smallest absolute Gasteiger partial charge is 0.250 e. The highest BCUT2D eigenvalue weighted by Gasteiger charge is 2.62. The minimum atomic E-state index is -0.853. The number of halogens is 1. The maximum Gasteiger partial charge on any atom is 0.250 e. The van der Waals surface area contributed by atoms with Crippen LogP contribution in [0.5, 0.6) is 0 Å². The zero-order valence-electron chi connectivity index (χ0n) is 14.0. The largest absolute Gasteiger partial charge is 0.420 e. The van der Waals surface area contributed by atoms with Crippen molar-refractivity contribution in [3.05, 3.63) is 36.0 Å². The zero-order valence-corrected chi connectivity index (χ0v) is 14.0. The third kappa shape index (κ3) is 2.24. The van der Waals surface area contributed by atoms with Crippen molar-refractivity contribution in [1.82, 2.24) is 15.1 Å². The number of nitrogens with zero attached hydrogens (tertiary/aromatic N) is 4. The van der Waals surface area contributed by atoms with Gasteiger partial charge in [-0.2, -0.15) is 5.26 Å². The van der Waals surface area contributed by atoms with Gasteiger partial charge in [0, 0.05) is 13.1 Å². The first kappa shape index (κ1) is 15.8. The molecule has 1 aliphatic carbocycles. The molecule has 25 heavy (non-hydrogen) atoms. The lowest BCUT2D eigenvalue weighted by atomic mass is 9.80. The SMILES string of the molecule is CC1CC1(C#N)C(=O)N1CC(C)(c2nnc(-c3ccccc3F)o2)C1. The van der Waals surface area contributed by atoms with E-state index in [1.807, 2.05) is 13.8 Å². The van der Waals surface area contributed by atoms with Crippen LogP contribution in [0.3, 0.4) is 0 Å². The first-order valence-electron chi connectivity index (χ1n) is 8.19. The highest BCUT2D eigenvalue weighted by Crippen LogP contribution is 2.54. The van der Waals surface area contributed by atoms with E-state index in [9.17, 15) is 14.4 Å². The number of likely N-dealkylation sites (tertiary alicyclic amines) is 1. The molecule has 6 nitrogen and oxygen atoms in total. The summed E-state index contributed by atoms with van der Waals surface area (Å²) in [7, 11) is 0.